The first-order valence-electron chi connectivity index (χ1n) is 6.63. The molecular formula is C18H12BrNO3. The van der Waals surface area contributed by atoms with Crippen molar-refractivity contribution in [2.24, 2.45) is 0 Å². The molecule has 0 fully saturated rings. The molecule has 1 amide bonds. The lowest BCUT2D eigenvalue weighted by molar-refractivity contribution is -0.131. The SMILES string of the molecule is O=C(O)/C=C/C(=O)Nc1ccccc1C#Cc1ccc(Br)cc1. The standard InChI is InChI=1S/C18H12BrNO3/c19-15-9-6-13(7-10-15)5-8-14-3-1-2-4-16(14)20-17(21)11-12-18(22)23/h1-4,6-7,9-12H,(H,20,21)(H,22,23)/b12-11+. The van der Waals surface area contributed by atoms with Crippen LogP contribution in [0.3, 0.4) is 0 Å². The van der Waals surface area contributed by atoms with E-state index in [1.165, 1.54) is 0 Å². The van der Waals surface area contributed by atoms with Crippen LogP contribution in [0, 0.1) is 11.8 Å². The second-order valence-electron chi connectivity index (χ2n) is 4.46. The average Bonchev–Trinajstić information content (AvgIpc) is 2.53. The van der Waals surface area contributed by atoms with Crippen molar-refractivity contribution in [2.45, 2.75) is 0 Å². The number of aliphatic carboxylic acids is 1. The molecule has 23 heavy (non-hydrogen) atoms. The molecule has 0 bridgehead atoms. The fourth-order valence-electron chi connectivity index (χ4n) is 1.70. The van der Waals surface area contributed by atoms with Gasteiger partial charge >= 0.3 is 5.97 Å². The molecule has 114 valence electrons. The quantitative estimate of drug-likeness (QED) is 0.643. The van der Waals surface area contributed by atoms with Crippen molar-refractivity contribution in [2.75, 3.05) is 5.32 Å². The van der Waals surface area contributed by atoms with Gasteiger partial charge in [0.15, 0.2) is 0 Å². The minimum atomic E-state index is -1.18. The molecule has 0 unspecified atom stereocenters. The highest BCUT2D eigenvalue weighted by molar-refractivity contribution is 9.10. The molecular weight excluding hydrogens is 358 g/mol. The summed E-state index contributed by atoms with van der Waals surface area (Å²) in [5, 5.41) is 11.1. The summed E-state index contributed by atoms with van der Waals surface area (Å²) in [5.41, 5.74) is 2.02. The fraction of sp³-hybridized carbons (Fsp3) is 0. The second kappa shape index (κ2) is 7.97. The zero-order valence-electron chi connectivity index (χ0n) is 11.9. The van der Waals surface area contributed by atoms with E-state index in [4.69, 9.17) is 5.11 Å². The van der Waals surface area contributed by atoms with Crippen molar-refractivity contribution in [1.29, 1.82) is 0 Å². The van der Waals surface area contributed by atoms with Crippen LogP contribution in [0.15, 0.2) is 65.2 Å². The summed E-state index contributed by atoms with van der Waals surface area (Å²) >= 11 is 3.36. The molecule has 2 aromatic carbocycles. The summed E-state index contributed by atoms with van der Waals surface area (Å²) in [6, 6.07) is 14.6. The Balaban J connectivity index is 2.19. The number of carbonyl (C=O) groups excluding carboxylic acids is 1. The Morgan fingerprint density at radius 1 is 1.00 bits per heavy atom. The molecule has 0 saturated heterocycles. The fourth-order valence-corrected chi connectivity index (χ4v) is 1.96. The van der Waals surface area contributed by atoms with E-state index in [1.54, 1.807) is 18.2 Å². The van der Waals surface area contributed by atoms with Crippen molar-refractivity contribution in [3.63, 3.8) is 0 Å². The van der Waals surface area contributed by atoms with Crippen LogP contribution in [0.1, 0.15) is 11.1 Å². The first-order valence-corrected chi connectivity index (χ1v) is 7.42. The van der Waals surface area contributed by atoms with E-state index in [-0.39, 0.29) is 0 Å². The molecule has 0 aliphatic carbocycles. The second-order valence-corrected chi connectivity index (χ2v) is 5.38. The predicted molar refractivity (Wildman–Crippen MR) is 92.0 cm³/mol. The number of anilines is 1. The van der Waals surface area contributed by atoms with E-state index < -0.39 is 11.9 Å². The number of nitrogens with one attached hydrogen (secondary N) is 1. The molecule has 0 saturated carbocycles. The molecule has 2 aromatic rings. The van der Waals surface area contributed by atoms with Crippen LogP contribution in [0.4, 0.5) is 5.69 Å². The van der Waals surface area contributed by atoms with Crippen molar-refractivity contribution < 1.29 is 14.7 Å². The third-order valence-electron chi connectivity index (χ3n) is 2.75. The molecule has 0 aliphatic rings. The van der Waals surface area contributed by atoms with Gasteiger partial charge in [0.25, 0.3) is 0 Å². The summed E-state index contributed by atoms with van der Waals surface area (Å²) in [7, 11) is 0. The minimum Gasteiger partial charge on any atom is -0.478 e. The number of carboxylic acid groups (broad SMARTS) is 1. The van der Waals surface area contributed by atoms with Crippen LogP contribution in [0.5, 0.6) is 0 Å². The van der Waals surface area contributed by atoms with Crippen LogP contribution < -0.4 is 5.32 Å². The Morgan fingerprint density at radius 3 is 2.39 bits per heavy atom. The molecule has 2 N–H and O–H groups in total. The smallest absolute Gasteiger partial charge is 0.328 e. The number of hydrogen-bond donors (Lipinski definition) is 2. The van der Waals surface area contributed by atoms with Crippen LogP contribution in [0.2, 0.25) is 0 Å². The van der Waals surface area contributed by atoms with Gasteiger partial charge in [-0.25, -0.2) is 4.79 Å². The largest absolute Gasteiger partial charge is 0.478 e. The Morgan fingerprint density at radius 2 is 1.70 bits per heavy atom. The molecule has 0 spiro atoms. The van der Waals surface area contributed by atoms with Crippen LogP contribution in [-0.4, -0.2) is 17.0 Å². The minimum absolute atomic E-state index is 0.523. The molecule has 0 radical (unpaired) electrons. The van der Waals surface area contributed by atoms with Gasteiger partial charge in [-0.05, 0) is 36.4 Å². The summed E-state index contributed by atoms with van der Waals surface area (Å²) in [6.07, 6.45) is 1.74. The van der Waals surface area contributed by atoms with Gasteiger partial charge < -0.3 is 10.4 Å². The maximum absolute atomic E-state index is 11.7. The van der Waals surface area contributed by atoms with Gasteiger partial charge in [0.05, 0.1) is 5.69 Å². The van der Waals surface area contributed by atoms with Crippen molar-refractivity contribution >= 4 is 33.5 Å². The summed E-state index contributed by atoms with van der Waals surface area (Å²) in [5.74, 6) is 4.32. The van der Waals surface area contributed by atoms with E-state index in [2.05, 4.69) is 33.1 Å². The van der Waals surface area contributed by atoms with Crippen molar-refractivity contribution in [1.82, 2.24) is 0 Å². The first kappa shape index (κ1) is 16.5. The van der Waals surface area contributed by atoms with E-state index in [1.807, 2.05) is 30.3 Å². The molecule has 2 rings (SSSR count). The molecule has 0 heterocycles. The maximum atomic E-state index is 11.7. The number of rotatable bonds is 3. The van der Waals surface area contributed by atoms with E-state index in [9.17, 15) is 9.59 Å². The summed E-state index contributed by atoms with van der Waals surface area (Å²) in [4.78, 5) is 22.1. The number of amides is 1. The van der Waals surface area contributed by atoms with Crippen molar-refractivity contribution in [3.05, 3.63) is 76.3 Å². The molecule has 4 nitrogen and oxygen atoms in total. The maximum Gasteiger partial charge on any atom is 0.328 e. The topological polar surface area (TPSA) is 66.4 Å². The highest BCUT2D eigenvalue weighted by Gasteiger charge is 2.02. The van der Waals surface area contributed by atoms with Gasteiger partial charge in [0.2, 0.25) is 5.91 Å². The van der Waals surface area contributed by atoms with Gasteiger partial charge in [-0.1, -0.05) is 39.9 Å². The lowest BCUT2D eigenvalue weighted by atomic mass is 10.1. The number of benzene rings is 2. The van der Waals surface area contributed by atoms with E-state index >= 15 is 0 Å². The highest BCUT2D eigenvalue weighted by atomic mass is 79.9. The van der Waals surface area contributed by atoms with Gasteiger partial charge in [-0.15, -0.1) is 0 Å². The lowest BCUT2D eigenvalue weighted by Gasteiger charge is -2.04. The van der Waals surface area contributed by atoms with Crippen molar-refractivity contribution in [3.8, 4) is 11.8 Å². The van der Waals surface area contributed by atoms with E-state index in [0.29, 0.717) is 11.3 Å². The first-order chi connectivity index (χ1) is 11.0. The average molecular weight is 370 g/mol. The van der Waals surface area contributed by atoms with Gasteiger partial charge in [-0.3, -0.25) is 4.79 Å². The lowest BCUT2D eigenvalue weighted by Crippen LogP contribution is -2.09. The number of hydrogen-bond acceptors (Lipinski definition) is 2. The van der Waals surface area contributed by atoms with Crippen LogP contribution >= 0.6 is 15.9 Å². The molecule has 0 atom stereocenters. The normalized spacial score (nSPS) is 9.96. The van der Waals surface area contributed by atoms with Crippen LogP contribution in [0.25, 0.3) is 0 Å². The Kier molecular flexibility index (Phi) is 5.73. The Labute approximate surface area is 142 Å². The van der Waals surface area contributed by atoms with Gasteiger partial charge in [0, 0.05) is 27.8 Å². The predicted octanol–water partition coefficient (Wildman–Crippen LogP) is 3.43. The van der Waals surface area contributed by atoms with Gasteiger partial charge in [0.1, 0.15) is 0 Å². The third kappa shape index (κ3) is 5.46. The highest BCUT2D eigenvalue weighted by Crippen LogP contribution is 2.14. The molecule has 0 aromatic heterocycles. The zero-order chi connectivity index (χ0) is 16.7. The Hall–Kier alpha value is -2.84. The number of carbonyl (C=O) groups is 2. The number of para-hydroxylation sites is 1. The number of halogens is 1. The summed E-state index contributed by atoms with van der Waals surface area (Å²) < 4.78 is 0.973. The van der Waals surface area contributed by atoms with E-state index in [0.717, 1.165) is 22.2 Å². The summed E-state index contributed by atoms with van der Waals surface area (Å²) in [6.45, 7) is 0. The molecule has 0 aliphatic heterocycles. The zero-order valence-corrected chi connectivity index (χ0v) is 13.5. The van der Waals surface area contributed by atoms with Gasteiger partial charge in [-0.2, -0.15) is 0 Å². The number of carboxylic acids is 1. The van der Waals surface area contributed by atoms with Crippen LogP contribution in [-0.2, 0) is 9.59 Å². The Bertz CT molecular complexity index is 814. The molecule has 5 heteroatoms. The third-order valence-corrected chi connectivity index (χ3v) is 3.28. The monoisotopic (exact) mass is 369 g/mol.